The maximum Gasteiger partial charge on any atom is 0.333 e. The van der Waals surface area contributed by atoms with Gasteiger partial charge in [-0.15, -0.1) is 0 Å². The number of sulfonamides is 1. The first-order chi connectivity index (χ1) is 13.4. The summed E-state index contributed by atoms with van der Waals surface area (Å²) in [5.74, 6) is -0.0173. The summed E-state index contributed by atoms with van der Waals surface area (Å²) in [6, 6.07) is 9.12. The van der Waals surface area contributed by atoms with Gasteiger partial charge in [-0.05, 0) is 73.4 Å². The number of hydrogen-bond acceptors (Lipinski definition) is 4. The molecular weight excluding hydrogens is 376 g/mol. The average molecular weight is 398 g/mol. The van der Waals surface area contributed by atoms with Gasteiger partial charge < -0.3 is 5.32 Å². The van der Waals surface area contributed by atoms with Gasteiger partial charge in [-0.25, -0.2) is 17.9 Å². The minimum Gasteiger partial charge on any atom is -0.307 e. The first kappa shape index (κ1) is 18.7. The molecule has 2 amide bonds. The number of nitrogens with one attached hydrogen (secondary N) is 2. The van der Waals surface area contributed by atoms with Gasteiger partial charge in [0.15, 0.2) is 0 Å². The number of amides is 2. The zero-order chi connectivity index (χ0) is 19.9. The molecule has 0 radical (unpaired) electrons. The maximum atomic E-state index is 12.5. The minimum absolute atomic E-state index is 0.0327. The summed E-state index contributed by atoms with van der Waals surface area (Å²) in [5, 5.41) is 2.79. The fourth-order valence-electron chi connectivity index (χ4n) is 4.33. The van der Waals surface area contributed by atoms with Crippen LogP contribution in [0.4, 0.5) is 10.5 Å². The molecule has 2 aliphatic carbocycles. The van der Waals surface area contributed by atoms with Crippen molar-refractivity contribution in [3.63, 3.8) is 0 Å². The van der Waals surface area contributed by atoms with Gasteiger partial charge in [-0.1, -0.05) is 24.3 Å². The Morgan fingerprint density at radius 3 is 2.50 bits per heavy atom. The molecule has 146 valence electrons. The molecule has 2 aromatic rings. The van der Waals surface area contributed by atoms with Crippen LogP contribution in [-0.2, 0) is 34.1 Å². The molecule has 2 N–H and O–H groups in total. The van der Waals surface area contributed by atoms with Crippen LogP contribution in [-0.4, -0.2) is 20.2 Å². The Labute approximate surface area is 164 Å². The van der Waals surface area contributed by atoms with Crippen LogP contribution in [0.2, 0.25) is 0 Å². The molecule has 0 aliphatic heterocycles. The molecule has 2 aliphatic rings. The SMILES string of the molecule is CC(=O)C1CCc2c1cc1c(c2NC(=O)NS(=O)(=O)c2ccccc2)CCC1. The zero-order valence-corrected chi connectivity index (χ0v) is 16.4. The summed E-state index contributed by atoms with van der Waals surface area (Å²) in [7, 11) is -3.95. The molecule has 0 fully saturated rings. The van der Waals surface area contributed by atoms with Gasteiger partial charge in [0.25, 0.3) is 10.0 Å². The van der Waals surface area contributed by atoms with E-state index < -0.39 is 16.1 Å². The van der Waals surface area contributed by atoms with Crippen LogP contribution in [0.25, 0.3) is 0 Å². The average Bonchev–Trinajstić information content (AvgIpc) is 3.28. The van der Waals surface area contributed by atoms with Gasteiger partial charge in [-0.2, -0.15) is 0 Å². The lowest BCUT2D eigenvalue weighted by atomic mass is 9.93. The monoisotopic (exact) mass is 398 g/mol. The smallest absolute Gasteiger partial charge is 0.307 e. The number of urea groups is 1. The molecule has 0 saturated heterocycles. The van der Waals surface area contributed by atoms with Crippen molar-refractivity contribution in [1.29, 1.82) is 0 Å². The Hall–Kier alpha value is -2.67. The van der Waals surface area contributed by atoms with E-state index in [-0.39, 0.29) is 16.6 Å². The highest BCUT2D eigenvalue weighted by molar-refractivity contribution is 7.90. The van der Waals surface area contributed by atoms with Gasteiger partial charge in [0.1, 0.15) is 5.78 Å². The number of ketones is 1. The number of carbonyl (C=O) groups is 2. The Balaban J connectivity index is 1.64. The molecule has 0 heterocycles. The van der Waals surface area contributed by atoms with Crippen LogP contribution in [0.15, 0.2) is 41.3 Å². The summed E-state index contributed by atoms with van der Waals surface area (Å²) in [6.45, 7) is 1.60. The van der Waals surface area contributed by atoms with Gasteiger partial charge in [-0.3, -0.25) is 4.79 Å². The highest BCUT2D eigenvalue weighted by Gasteiger charge is 2.32. The van der Waals surface area contributed by atoms with Crippen molar-refractivity contribution in [3.05, 3.63) is 58.7 Å². The Bertz CT molecular complexity index is 1060. The number of carbonyl (C=O) groups excluding carboxylic acids is 2. The van der Waals surface area contributed by atoms with E-state index in [1.54, 1.807) is 25.1 Å². The normalized spacial score (nSPS) is 17.7. The van der Waals surface area contributed by atoms with Crippen molar-refractivity contribution < 1.29 is 18.0 Å². The second-order valence-electron chi connectivity index (χ2n) is 7.39. The Morgan fingerprint density at radius 1 is 1.04 bits per heavy atom. The molecule has 0 spiro atoms. The van der Waals surface area contributed by atoms with E-state index in [0.29, 0.717) is 12.1 Å². The van der Waals surface area contributed by atoms with Crippen LogP contribution in [0, 0.1) is 0 Å². The first-order valence-electron chi connectivity index (χ1n) is 9.43. The molecule has 2 aromatic carbocycles. The largest absolute Gasteiger partial charge is 0.333 e. The number of Topliss-reactive ketones (excluding diaryl/α,β-unsaturated/α-hetero) is 1. The summed E-state index contributed by atoms with van der Waals surface area (Å²) in [6.07, 6.45) is 4.17. The Morgan fingerprint density at radius 2 is 1.79 bits per heavy atom. The minimum atomic E-state index is -3.95. The summed E-state index contributed by atoms with van der Waals surface area (Å²) >= 11 is 0. The van der Waals surface area contributed by atoms with Gasteiger partial charge in [0.2, 0.25) is 0 Å². The van der Waals surface area contributed by atoms with Crippen LogP contribution >= 0.6 is 0 Å². The molecule has 0 aromatic heterocycles. The third kappa shape index (κ3) is 3.30. The quantitative estimate of drug-likeness (QED) is 0.826. The second kappa shape index (κ2) is 7.05. The molecule has 1 unspecified atom stereocenters. The fraction of sp³-hybridized carbons (Fsp3) is 0.333. The van der Waals surface area contributed by atoms with Gasteiger partial charge >= 0.3 is 6.03 Å². The third-order valence-electron chi connectivity index (χ3n) is 5.61. The van der Waals surface area contributed by atoms with Crippen LogP contribution in [0.1, 0.15) is 47.9 Å². The van der Waals surface area contributed by atoms with E-state index in [4.69, 9.17) is 0 Å². The molecule has 28 heavy (non-hydrogen) atoms. The number of anilines is 1. The fourth-order valence-corrected chi connectivity index (χ4v) is 5.26. The summed E-state index contributed by atoms with van der Waals surface area (Å²) in [5.41, 5.74) is 4.85. The number of benzene rings is 2. The van der Waals surface area contributed by atoms with E-state index in [9.17, 15) is 18.0 Å². The van der Waals surface area contributed by atoms with E-state index in [2.05, 4.69) is 16.1 Å². The van der Waals surface area contributed by atoms with E-state index in [1.165, 1.54) is 12.1 Å². The van der Waals surface area contributed by atoms with Gasteiger partial charge in [0, 0.05) is 11.6 Å². The second-order valence-corrected chi connectivity index (χ2v) is 9.07. The van der Waals surface area contributed by atoms with Crippen molar-refractivity contribution in [3.8, 4) is 0 Å². The molecule has 6 nitrogen and oxygen atoms in total. The molecule has 7 heteroatoms. The van der Waals surface area contributed by atoms with Crippen molar-refractivity contribution >= 4 is 27.5 Å². The highest BCUT2D eigenvalue weighted by atomic mass is 32.2. The topological polar surface area (TPSA) is 92.3 Å². The number of aryl methyl sites for hydroxylation is 1. The highest BCUT2D eigenvalue weighted by Crippen LogP contribution is 2.43. The molecule has 0 saturated carbocycles. The lowest BCUT2D eigenvalue weighted by Gasteiger charge is -2.17. The van der Waals surface area contributed by atoms with E-state index in [0.717, 1.165) is 47.9 Å². The molecular formula is C21H22N2O4S. The maximum absolute atomic E-state index is 12.5. The van der Waals surface area contributed by atoms with Crippen molar-refractivity contribution in [2.24, 2.45) is 0 Å². The van der Waals surface area contributed by atoms with E-state index >= 15 is 0 Å². The van der Waals surface area contributed by atoms with Crippen LogP contribution < -0.4 is 10.0 Å². The third-order valence-corrected chi connectivity index (χ3v) is 6.96. The number of rotatable bonds is 4. The van der Waals surface area contributed by atoms with E-state index in [1.807, 2.05) is 0 Å². The zero-order valence-electron chi connectivity index (χ0n) is 15.6. The van der Waals surface area contributed by atoms with Crippen molar-refractivity contribution in [2.45, 2.75) is 49.8 Å². The summed E-state index contributed by atoms with van der Waals surface area (Å²) < 4.78 is 26.9. The van der Waals surface area contributed by atoms with Crippen LogP contribution in [0.3, 0.4) is 0 Å². The molecule has 1 atom stereocenters. The van der Waals surface area contributed by atoms with Crippen molar-refractivity contribution in [2.75, 3.05) is 5.32 Å². The standard InChI is InChI=1S/C21H22N2O4S/c1-13(24)16-10-11-18-19(16)12-14-6-5-9-17(14)20(18)22-21(25)23-28(26,27)15-7-3-2-4-8-15/h2-4,7-8,12,16H,5-6,9-11H2,1H3,(H2,22,23,25). The number of fused-ring (bicyclic) bond motifs is 2. The lowest BCUT2D eigenvalue weighted by Crippen LogP contribution is -2.35. The Kier molecular flexibility index (Phi) is 4.71. The van der Waals surface area contributed by atoms with Crippen LogP contribution in [0.5, 0.6) is 0 Å². The predicted octanol–water partition coefficient (Wildman–Crippen LogP) is 3.30. The molecule has 4 rings (SSSR count). The predicted molar refractivity (Wildman–Crippen MR) is 106 cm³/mol. The number of hydrogen-bond donors (Lipinski definition) is 2. The van der Waals surface area contributed by atoms with Crippen molar-refractivity contribution in [1.82, 2.24) is 4.72 Å². The lowest BCUT2D eigenvalue weighted by molar-refractivity contribution is -0.118. The first-order valence-corrected chi connectivity index (χ1v) is 10.9. The summed E-state index contributed by atoms with van der Waals surface area (Å²) in [4.78, 5) is 24.6. The van der Waals surface area contributed by atoms with Gasteiger partial charge in [0.05, 0.1) is 4.90 Å². The molecule has 0 bridgehead atoms.